The molecule has 3 N–H and O–H groups in total. The summed E-state index contributed by atoms with van der Waals surface area (Å²) >= 11 is 6.18. The Morgan fingerprint density at radius 2 is 1.77 bits per heavy atom. The minimum Gasteiger partial charge on any atom is -0.493 e. The number of hydrogen-bond acceptors (Lipinski definition) is 5. The number of amides is 2. The van der Waals surface area contributed by atoms with Gasteiger partial charge in [0.2, 0.25) is 0 Å². The smallest absolute Gasteiger partial charge is 0.269 e. The Morgan fingerprint density at radius 1 is 1.12 bits per heavy atom. The Labute approximate surface area is 155 Å². The van der Waals surface area contributed by atoms with E-state index in [1.807, 2.05) is 0 Å². The Morgan fingerprint density at radius 3 is 2.38 bits per heavy atom. The third-order valence-electron chi connectivity index (χ3n) is 4.17. The van der Waals surface area contributed by atoms with Gasteiger partial charge in [-0.3, -0.25) is 15.0 Å². The van der Waals surface area contributed by atoms with E-state index < -0.39 is 17.3 Å². The van der Waals surface area contributed by atoms with Gasteiger partial charge in [0.15, 0.2) is 11.5 Å². The number of carbonyl (C=O) groups is 2. The zero-order chi connectivity index (χ0) is 18.8. The van der Waals surface area contributed by atoms with Crippen LogP contribution in [0.2, 0.25) is 0 Å². The summed E-state index contributed by atoms with van der Waals surface area (Å²) in [6.07, 6.45) is 0. The van der Waals surface area contributed by atoms with Crippen molar-refractivity contribution in [2.75, 3.05) is 20.0 Å². The van der Waals surface area contributed by atoms with Crippen LogP contribution in [0.1, 0.15) is 22.0 Å². The maximum Gasteiger partial charge on any atom is 0.269 e. The lowest BCUT2D eigenvalue weighted by atomic mass is 9.95. The van der Waals surface area contributed by atoms with Gasteiger partial charge >= 0.3 is 0 Å². The van der Waals surface area contributed by atoms with Crippen molar-refractivity contribution in [3.05, 3.63) is 53.6 Å². The van der Waals surface area contributed by atoms with Gasteiger partial charge in [-0.1, -0.05) is 6.07 Å². The molecule has 0 bridgehead atoms. The number of hydrazine groups is 1. The molecule has 0 radical (unpaired) electrons. The lowest BCUT2D eigenvalue weighted by Gasteiger charge is -2.44. The molecule has 2 aromatic carbocycles. The molecule has 1 aliphatic heterocycles. The predicted molar refractivity (Wildman–Crippen MR) is 97.1 cm³/mol. The molecule has 0 saturated carbocycles. The number of nitrogens with two attached hydrogens (primary N) is 1. The number of carbonyl (C=O) groups excluding carboxylic acids is 2. The van der Waals surface area contributed by atoms with Crippen LogP contribution in [0.25, 0.3) is 0 Å². The lowest BCUT2D eigenvalue weighted by Crippen LogP contribution is -2.63. The maximum atomic E-state index is 12.4. The molecule has 136 valence electrons. The van der Waals surface area contributed by atoms with Crippen LogP contribution in [0.15, 0.2) is 42.5 Å². The second-order valence-corrected chi connectivity index (χ2v) is 6.20. The first-order valence-electron chi connectivity index (χ1n) is 7.82. The first-order valence-corrected chi connectivity index (χ1v) is 8.25. The molecule has 0 unspecified atom stereocenters. The second-order valence-electron chi connectivity index (χ2n) is 5.73. The van der Waals surface area contributed by atoms with E-state index in [4.69, 9.17) is 26.8 Å². The molecule has 2 aromatic rings. The molecule has 0 aromatic heterocycles. The third kappa shape index (κ3) is 3.13. The topological polar surface area (TPSA) is 93.9 Å². The van der Waals surface area contributed by atoms with E-state index in [9.17, 15) is 9.59 Å². The zero-order valence-electron chi connectivity index (χ0n) is 14.2. The number of nitrogens with one attached hydrogen (secondary N) is 1. The van der Waals surface area contributed by atoms with Crippen molar-refractivity contribution in [3.8, 4) is 11.5 Å². The number of alkyl halides is 1. The van der Waals surface area contributed by atoms with Gasteiger partial charge in [-0.2, -0.15) is 0 Å². The highest BCUT2D eigenvalue weighted by atomic mass is 35.5. The third-order valence-corrected chi connectivity index (χ3v) is 4.60. The van der Waals surface area contributed by atoms with Crippen molar-refractivity contribution in [1.29, 1.82) is 0 Å². The molecule has 1 saturated heterocycles. The van der Waals surface area contributed by atoms with E-state index in [0.29, 0.717) is 22.7 Å². The summed E-state index contributed by atoms with van der Waals surface area (Å²) in [6, 6.07) is 11.1. The predicted octanol–water partition coefficient (Wildman–Crippen LogP) is 2.12. The number of ether oxygens (including phenoxy) is 2. The van der Waals surface area contributed by atoms with Gasteiger partial charge in [-0.05, 0) is 42.0 Å². The summed E-state index contributed by atoms with van der Waals surface area (Å²) < 4.78 is 10.5. The summed E-state index contributed by atoms with van der Waals surface area (Å²) in [5, 5.41) is 0.442. The number of hydrogen-bond donors (Lipinski definition) is 2. The van der Waals surface area contributed by atoms with Gasteiger partial charge in [-0.25, -0.2) is 5.01 Å². The minimum absolute atomic E-state index is 0.379. The fourth-order valence-corrected chi connectivity index (χ4v) is 3.10. The Hall–Kier alpha value is -2.93. The van der Waals surface area contributed by atoms with Gasteiger partial charge in [0.25, 0.3) is 11.8 Å². The van der Waals surface area contributed by atoms with Crippen LogP contribution in [0, 0.1) is 0 Å². The van der Waals surface area contributed by atoms with E-state index >= 15 is 0 Å². The highest BCUT2D eigenvalue weighted by Crippen LogP contribution is 2.40. The van der Waals surface area contributed by atoms with Crippen LogP contribution in [-0.2, 0) is 4.79 Å². The number of rotatable bonds is 5. The molecule has 0 spiro atoms. The Balaban J connectivity index is 1.82. The monoisotopic (exact) mass is 375 g/mol. The van der Waals surface area contributed by atoms with E-state index in [-0.39, 0.29) is 5.91 Å². The molecular weight excluding hydrogens is 358 g/mol. The quantitative estimate of drug-likeness (QED) is 0.474. The molecule has 1 aliphatic rings. The zero-order valence-corrected chi connectivity index (χ0v) is 15.0. The summed E-state index contributed by atoms with van der Waals surface area (Å²) in [5.74, 6) is 0.270. The highest BCUT2D eigenvalue weighted by Gasteiger charge is 2.48. The molecule has 0 aliphatic carbocycles. The number of nitrogen functional groups attached to an aromatic ring is 1. The maximum absolute atomic E-state index is 12.4. The van der Waals surface area contributed by atoms with Gasteiger partial charge < -0.3 is 15.2 Å². The van der Waals surface area contributed by atoms with E-state index in [1.165, 1.54) is 19.2 Å². The normalized spacial score (nSPS) is 18.9. The van der Waals surface area contributed by atoms with Crippen LogP contribution in [0.4, 0.5) is 5.69 Å². The van der Waals surface area contributed by atoms with Gasteiger partial charge in [0.05, 0.1) is 14.2 Å². The summed E-state index contributed by atoms with van der Waals surface area (Å²) in [7, 11) is 3.06. The number of anilines is 1. The van der Waals surface area contributed by atoms with Crippen molar-refractivity contribution >= 4 is 29.1 Å². The fraction of sp³-hybridized carbons (Fsp3) is 0.222. The molecule has 8 heteroatoms. The van der Waals surface area contributed by atoms with Crippen LogP contribution >= 0.6 is 11.6 Å². The Kier molecular flexibility index (Phi) is 4.90. The molecule has 2 amide bonds. The lowest BCUT2D eigenvalue weighted by molar-refractivity contribution is -0.149. The first-order chi connectivity index (χ1) is 12.5. The molecule has 3 rings (SSSR count). The van der Waals surface area contributed by atoms with Crippen LogP contribution in [0.3, 0.4) is 0 Å². The fourth-order valence-electron chi connectivity index (χ4n) is 2.74. The molecule has 1 heterocycles. The Bertz CT molecular complexity index is 841. The molecule has 7 nitrogen and oxygen atoms in total. The first kappa shape index (κ1) is 17.9. The van der Waals surface area contributed by atoms with Crippen molar-refractivity contribution < 1.29 is 19.1 Å². The second kappa shape index (κ2) is 7.13. The van der Waals surface area contributed by atoms with Crippen molar-refractivity contribution in [2.24, 2.45) is 0 Å². The number of nitrogens with zero attached hydrogens (tertiary/aromatic N) is 1. The molecule has 2 atom stereocenters. The van der Waals surface area contributed by atoms with Crippen molar-refractivity contribution in [2.45, 2.75) is 11.4 Å². The number of halogens is 1. The van der Waals surface area contributed by atoms with Crippen molar-refractivity contribution in [1.82, 2.24) is 10.4 Å². The largest absolute Gasteiger partial charge is 0.493 e. The minimum atomic E-state index is -0.778. The molecule has 26 heavy (non-hydrogen) atoms. The van der Waals surface area contributed by atoms with Crippen LogP contribution < -0.4 is 20.6 Å². The van der Waals surface area contributed by atoms with E-state index in [0.717, 1.165) is 5.56 Å². The number of β-lactam (4-membered cyclic amide) rings is 1. The highest BCUT2D eigenvalue weighted by molar-refractivity contribution is 6.33. The average molecular weight is 376 g/mol. The van der Waals surface area contributed by atoms with Gasteiger partial charge in [0.1, 0.15) is 11.4 Å². The number of benzene rings is 2. The van der Waals surface area contributed by atoms with Crippen LogP contribution in [-0.4, -0.2) is 36.4 Å². The molecular formula is C18H18ClN3O4. The van der Waals surface area contributed by atoms with Crippen molar-refractivity contribution in [3.63, 3.8) is 0 Å². The van der Waals surface area contributed by atoms with E-state index in [1.54, 1.807) is 42.5 Å². The molecule has 1 fully saturated rings. The summed E-state index contributed by atoms with van der Waals surface area (Å²) in [5.41, 5.74) is 9.87. The average Bonchev–Trinajstić information content (AvgIpc) is 2.67. The summed E-state index contributed by atoms with van der Waals surface area (Å²) in [6.45, 7) is 0. The summed E-state index contributed by atoms with van der Waals surface area (Å²) in [4.78, 5) is 24.5. The van der Waals surface area contributed by atoms with E-state index in [2.05, 4.69) is 5.43 Å². The standard InChI is InChI=1S/C18H18ClN3O4/c1-25-13-8-5-11(9-14(13)26-2)16-15(19)18(24)22(16)21-17(23)10-3-6-12(20)7-4-10/h3-9,15-16H,20H2,1-2H3,(H,21,23)/t15-,16-/m0/s1. The number of methoxy groups -OCH3 is 2. The SMILES string of the molecule is COc1ccc([C@H]2[C@H](Cl)C(=O)N2NC(=O)c2ccc(N)cc2)cc1OC. The van der Waals surface area contributed by atoms with Gasteiger partial charge in [-0.15, -0.1) is 11.6 Å². The van der Waals surface area contributed by atoms with Gasteiger partial charge in [0, 0.05) is 11.3 Å². The van der Waals surface area contributed by atoms with Crippen LogP contribution in [0.5, 0.6) is 11.5 Å².